The third-order valence-electron chi connectivity index (χ3n) is 3.66. The number of hydrogen-bond donors (Lipinski definition) is 1. The van der Waals surface area contributed by atoms with Gasteiger partial charge < -0.3 is 5.73 Å². The van der Waals surface area contributed by atoms with Crippen molar-refractivity contribution in [2.45, 2.75) is 52.6 Å². The lowest BCUT2D eigenvalue weighted by Gasteiger charge is -2.33. The Morgan fingerprint density at radius 2 is 2.07 bits per heavy atom. The number of likely N-dealkylation sites (tertiary alicyclic amines) is 1. The molecule has 0 aromatic rings. The lowest BCUT2D eigenvalue weighted by atomic mass is 9.99. The summed E-state index contributed by atoms with van der Waals surface area (Å²) in [5, 5.41) is 0. The maximum absolute atomic E-state index is 5.75. The first kappa shape index (κ1) is 12.0. The predicted molar refractivity (Wildman–Crippen MR) is 62.2 cm³/mol. The smallest absolute Gasteiger partial charge is 0.0119 e. The number of nitrogens with zero attached hydrogens (tertiary/aromatic N) is 1. The van der Waals surface area contributed by atoms with Crippen LogP contribution in [0.1, 0.15) is 40.5 Å². The number of rotatable bonds is 4. The zero-order chi connectivity index (χ0) is 10.7. The van der Waals surface area contributed by atoms with E-state index in [0.717, 1.165) is 30.5 Å². The van der Waals surface area contributed by atoms with Crippen molar-refractivity contribution in [3.8, 4) is 0 Å². The van der Waals surface area contributed by atoms with Crippen molar-refractivity contribution in [1.82, 2.24) is 4.90 Å². The minimum Gasteiger partial charge on any atom is -0.330 e. The third-order valence-corrected chi connectivity index (χ3v) is 3.66. The van der Waals surface area contributed by atoms with Crippen molar-refractivity contribution in [2.75, 3.05) is 13.1 Å². The molecule has 84 valence electrons. The van der Waals surface area contributed by atoms with Crippen LogP contribution in [-0.2, 0) is 0 Å². The van der Waals surface area contributed by atoms with E-state index in [1.54, 1.807) is 0 Å². The maximum atomic E-state index is 5.75. The molecule has 1 aliphatic heterocycles. The van der Waals surface area contributed by atoms with Crippen LogP contribution < -0.4 is 5.73 Å². The van der Waals surface area contributed by atoms with E-state index in [1.165, 1.54) is 19.4 Å². The topological polar surface area (TPSA) is 29.3 Å². The van der Waals surface area contributed by atoms with Crippen LogP contribution in [0.5, 0.6) is 0 Å². The average Bonchev–Trinajstić information content (AvgIpc) is 2.48. The summed E-state index contributed by atoms with van der Waals surface area (Å²) in [7, 11) is 0. The van der Waals surface area contributed by atoms with Gasteiger partial charge in [0.2, 0.25) is 0 Å². The Labute approximate surface area is 88.8 Å². The minimum atomic E-state index is 0.732. The summed E-state index contributed by atoms with van der Waals surface area (Å²) in [5.74, 6) is 1.50. The second-order valence-corrected chi connectivity index (χ2v) is 5.10. The van der Waals surface area contributed by atoms with E-state index in [1.807, 2.05) is 0 Å². The molecule has 3 unspecified atom stereocenters. The van der Waals surface area contributed by atoms with Crippen LogP contribution in [-0.4, -0.2) is 30.1 Å². The van der Waals surface area contributed by atoms with E-state index >= 15 is 0 Å². The average molecular weight is 198 g/mol. The van der Waals surface area contributed by atoms with Crippen molar-refractivity contribution in [3.63, 3.8) is 0 Å². The van der Waals surface area contributed by atoms with E-state index in [2.05, 4.69) is 32.6 Å². The molecule has 0 bridgehead atoms. The Bertz CT molecular complexity index is 168. The second-order valence-electron chi connectivity index (χ2n) is 5.10. The highest BCUT2D eigenvalue weighted by Crippen LogP contribution is 2.28. The summed E-state index contributed by atoms with van der Waals surface area (Å²) in [5.41, 5.74) is 5.75. The van der Waals surface area contributed by atoms with Gasteiger partial charge in [0.25, 0.3) is 0 Å². The molecule has 2 heteroatoms. The molecule has 1 aliphatic rings. The lowest BCUT2D eigenvalue weighted by Crippen LogP contribution is -2.41. The van der Waals surface area contributed by atoms with E-state index in [4.69, 9.17) is 5.73 Å². The van der Waals surface area contributed by atoms with Gasteiger partial charge in [0, 0.05) is 18.6 Å². The Kier molecular flexibility index (Phi) is 4.39. The Morgan fingerprint density at radius 3 is 2.43 bits per heavy atom. The molecule has 1 heterocycles. The van der Waals surface area contributed by atoms with Crippen molar-refractivity contribution in [2.24, 2.45) is 17.6 Å². The van der Waals surface area contributed by atoms with Gasteiger partial charge in [0.15, 0.2) is 0 Å². The molecule has 0 saturated carbocycles. The van der Waals surface area contributed by atoms with E-state index < -0.39 is 0 Å². The number of nitrogens with two attached hydrogens (primary N) is 1. The summed E-state index contributed by atoms with van der Waals surface area (Å²) >= 11 is 0. The van der Waals surface area contributed by atoms with Crippen molar-refractivity contribution in [3.05, 3.63) is 0 Å². The normalized spacial score (nSPS) is 31.3. The molecule has 14 heavy (non-hydrogen) atoms. The highest BCUT2D eigenvalue weighted by molar-refractivity contribution is 4.88. The quantitative estimate of drug-likeness (QED) is 0.749. The molecule has 1 fully saturated rings. The molecule has 0 aliphatic carbocycles. The largest absolute Gasteiger partial charge is 0.330 e. The summed E-state index contributed by atoms with van der Waals surface area (Å²) in [6, 6.07) is 1.48. The Hall–Kier alpha value is -0.0800. The molecule has 1 saturated heterocycles. The first-order valence-corrected chi connectivity index (χ1v) is 6.05. The van der Waals surface area contributed by atoms with Gasteiger partial charge >= 0.3 is 0 Å². The van der Waals surface area contributed by atoms with E-state index in [9.17, 15) is 0 Å². The fraction of sp³-hybridized carbons (Fsp3) is 1.00. The molecule has 1 rings (SSSR count). The van der Waals surface area contributed by atoms with Crippen LogP contribution in [0.4, 0.5) is 0 Å². The molecule has 0 aromatic heterocycles. The predicted octanol–water partition coefficient (Wildman–Crippen LogP) is 2.09. The summed E-state index contributed by atoms with van der Waals surface area (Å²) < 4.78 is 0. The van der Waals surface area contributed by atoms with E-state index in [0.29, 0.717) is 0 Å². The summed E-state index contributed by atoms with van der Waals surface area (Å²) in [6.45, 7) is 11.4. The summed E-state index contributed by atoms with van der Waals surface area (Å²) in [4.78, 5) is 2.67. The third kappa shape index (κ3) is 2.48. The molecule has 0 amide bonds. The van der Waals surface area contributed by atoms with Gasteiger partial charge in [-0.2, -0.15) is 0 Å². The summed E-state index contributed by atoms with van der Waals surface area (Å²) in [6.07, 6.45) is 2.55. The fourth-order valence-corrected chi connectivity index (χ4v) is 2.89. The zero-order valence-corrected chi connectivity index (χ0v) is 10.2. The standard InChI is InChI=1S/C12H26N2/c1-5-12(9(2)3)14-8-11(7-13)6-10(14)4/h9-12H,5-8,13H2,1-4H3. The first-order valence-electron chi connectivity index (χ1n) is 6.05. The van der Waals surface area contributed by atoms with Gasteiger partial charge in [-0.05, 0) is 38.1 Å². The van der Waals surface area contributed by atoms with Gasteiger partial charge in [-0.25, -0.2) is 0 Å². The molecular formula is C12H26N2. The molecule has 2 N–H and O–H groups in total. The fourth-order valence-electron chi connectivity index (χ4n) is 2.89. The first-order chi connectivity index (χ1) is 6.60. The van der Waals surface area contributed by atoms with Crippen LogP contribution >= 0.6 is 0 Å². The van der Waals surface area contributed by atoms with Gasteiger partial charge in [0.05, 0.1) is 0 Å². The monoisotopic (exact) mass is 198 g/mol. The van der Waals surface area contributed by atoms with Crippen molar-refractivity contribution >= 4 is 0 Å². The second kappa shape index (κ2) is 5.13. The molecule has 3 atom stereocenters. The molecule has 0 aromatic carbocycles. The van der Waals surface area contributed by atoms with Crippen molar-refractivity contribution in [1.29, 1.82) is 0 Å². The van der Waals surface area contributed by atoms with Crippen molar-refractivity contribution < 1.29 is 0 Å². The lowest BCUT2D eigenvalue weighted by molar-refractivity contribution is 0.141. The maximum Gasteiger partial charge on any atom is 0.0119 e. The van der Waals surface area contributed by atoms with Crippen LogP contribution in [0, 0.1) is 11.8 Å². The van der Waals surface area contributed by atoms with E-state index in [-0.39, 0.29) is 0 Å². The highest BCUT2D eigenvalue weighted by Gasteiger charge is 2.33. The van der Waals surface area contributed by atoms with Gasteiger partial charge in [-0.3, -0.25) is 4.90 Å². The molecule has 2 nitrogen and oxygen atoms in total. The molecule has 0 spiro atoms. The van der Waals surface area contributed by atoms with Crippen LogP contribution in [0.3, 0.4) is 0 Å². The zero-order valence-electron chi connectivity index (χ0n) is 10.2. The minimum absolute atomic E-state index is 0.732. The Morgan fingerprint density at radius 1 is 1.43 bits per heavy atom. The molecule has 0 radical (unpaired) electrons. The van der Waals surface area contributed by atoms with Gasteiger partial charge in [-0.1, -0.05) is 20.8 Å². The van der Waals surface area contributed by atoms with Gasteiger partial charge in [0.1, 0.15) is 0 Å². The SMILES string of the molecule is CCC(C(C)C)N1CC(CN)CC1C. The van der Waals surface area contributed by atoms with Crippen LogP contribution in [0.25, 0.3) is 0 Å². The highest BCUT2D eigenvalue weighted by atomic mass is 15.2. The number of hydrogen-bond acceptors (Lipinski definition) is 2. The molecular weight excluding hydrogens is 172 g/mol. The van der Waals surface area contributed by atoms with Gasteiger partial charge in [-0.15, -0.1) is 0 Å². The van der Waals surface area contributed by atoms with Crippen LogP contribution in [0.2, 0.25) is 0 Å². The van der Waals surface area contributed by atoms with Crippen LogP contribution in [0.15, 0.2) is 0 Å². The Balaban J connectivity index is 2.58.